The van der Waals surface area contributed by atoms with E-state index in [4.69, 9.17) is 0 Å². The molecule has 1 rings (SSSR count). The van der Waals surface area contributed by atoms with Crippen LogP contribution in [-0.2, 0) is 0 Å². The summed E-state index contributed by atoms with van der Waals surface area (Å²) in [6.07, 6.45) is 3.39. The Labute approximate surface area is 57.1 Å². The molecule has 0 bridgehead atoms. The zero-order valence-corrected chi connectivity index (χ0v) is 6.44. The predicted molar refractivity (Wildman–Crippen MR) is 40.1 cm³/mol. The van der Waals surface area contributed by atoms with Gasteiger partial charge in [-0.25, -0.2) is 0 Å². The zero-order chi connectivity index (χ0) is 6.85. The third-order valence-corrected chi connectivity index (χ3v) is 2.09. The summed E-state index contributed by atoms with van der Waals surface area (Å²) in [6, 6.07) is 0.661. The minimum Gasteiger partial charge on any atom is -0.388 e. The van der Waals surface area contributed by atoms with E-state index >= 15 is 0 Å². The Hall–Kier alpha value is -0.460. The topological polar surface area (TPSA) is 12.0 Å². The highest BCUT2D eigenvalue weighted by atomic mass is 14.9. The van der Waals surface area contributed by atoms with E-state index in [9.17, 15) is 0 Å². The fourth-order valence-corrected chi connectivity index (χ4v) is 1.18. The number of hydrogen-bond acceptors (Lipinski definition) is 1. The van der Waals surface area contributed by atoms with Crippen molar-refractivity contribution in [2.45, 2.75) is 33.2 Å². The second kappa shape index (κ2) is 2.42. The lowest BCUT2D eigenvalue weighted by atomic mass is 9.93. The highest BCUT2D eigenvalue weighted by Gasteiger charge is 2.14. The molecule has 0 saturated heterocycles. The van der Waals surface area contributed by atoms with Crippen LogP contribution < -0.4 is 5.32 Å². The average molecular weight is 125 g/mol. The van der Waals surface area contributed by atoms with Gasteiger partial charge in [0.15, 0.2) is 0 Å². The van der Waals surface area contributed by atoms with Gasteiger partial charge in [-0.15, -0.1) is 0 Å². The molecule has 0 radical (unpaired) electrons. The summed E-state index contributed by atoms with van der Waals surface area (Å²) in [5, 5.41) is 3.32. The van der Waals surface area contributed by atoms with Crippen LogP contribution in [0.15, 0.2) is 11.8 Å². The van der Waals surface area contributed by atoms with Gasteiger partial charge in [-0.2, -0.15) is 0 Å². The fourth-order valence-electron chi connectivity index (χ4n) is 1.18. The maximum absolute atomic E-state index is 3.32. The van der Waals surface area contributed by atoms with Gasteiger partial charge in [-0.1, -0.05) is 12.5 Å². The van der Waals surface area contributed by atoms with Crippen molar-refractivity contribution in [3.8, 4) is 0 Å². The monoisotopic (exact) mass is 125 g/mol. The third-order valence-electron chi connectivity index (χ3n) is 2.09. The van der Waals surface area contributed by atoms with Crippen molar-refractivity contribution in [1.29, 1.82) is 0 Å². The molecule has 0 aromatic rings. The van der Waals surface area contributed by atoms with Crippen molar-refractivity contribution in [2.24, 2.45) is 5.92 Å². The second-order valence-electron chi connectivity index (χ2n) is 3.13. The molecule has 0 fully saturated rings. The molecule has 52 valence electrons. The number of nitrogens with one attached hydrogen (secondary N) is 1. The average Bonchev–Trinajstić information content (AvgIpc) is 1.80. The van der Waals surface area contributed by atoms with E-state index < -0.39 is 0 Å². The minimum absolute atomic E-state index is 0.661. The standard InChI is InChI=1S/C8H15N/c1-6-4-7(2)8(3)9-5-6/h5,7-9H,4H2,1-3H3/t7-,8-/m1/s1. The molecule has 0 aromatic carbocycles. The molecule has 1 heteroatoms. The van der Waals surface area contributed by atoms with E-state index in [1.807, 2.05) is 0 Å². The summed E-state index contributed by atoms with van der Waals surface area (Å²) >= 11 is 0. The van der Waals surface area contributed by atoms with Crippen molar-refractivity contribution >= 4 is 0 Å². The quantitative estimate of drug-likeness (QED) is 0.521. The van der Waals surface area contributed by atoms with Crippen molar-refractivity contribution in [3.63, 3.8) is 0 Å². The Morgan fingerprint density at radius 1 is 1.56 bits per heavy atom. The molecule has 0 saturated carbocycles. The molecule has 1 nitrogen and oxygen atoms in total. The van der Waals surface area contributed by atoms with Gasteiger partial charge in [-0.3, -0.25) is 0 Å². The molecule has 0 aliphatic carbocycles. The van der Waals surface area contributed by atoms with Crippen molar-refractivity contribution in [3.05, 3.63) is 11.8 Å². The second-order valence-corrected chi connectivity index (χ2v) is 3.13. The zero-order valence-electron chi connectivity index (χ0n) is 6.44. The van der Waals surface area contributed by atoms with Gasteiger partial charge in [0, 0.05) is 6.04 Å². The van der Waals surface area contributed by atoms with Crippen LogP contribution in [0.2, 0.25) is 0 Å². The van der Waals surface area contributed by atoms with Crippen molar-refractivity contribution < 1.29 is 0 Å². The van der Waals surface area contributed by atoms with Gasteiger partial charge in [0.2, 0.25) is 0 Å². The summed E-state index contributed by atoms with van der Waals surface area (Å²) < 4.78 is 0. The molecule has 1 aliphatic rings. The van der Waals surface area contributed by atoms with E-state index in [1.54, 1.807) is 0 Å². The van der Waals surface area contributed by atoms with Gasteiger partial charge >= 0.3 is 0 Å². The van der Waals surface area contributed by atoms with Gasteiger partial charge in [-0.05, 0) is 32.4 Å². The maximum Gasteiger partial charge on any atom is 0.0256 e. The summed E-state index contributed by atoms with van der Waals surface area (Å²) in [5.74, 6) is 0.801. The summed E-state index contributed by atoms with van der Waals surface area (Å²) in [7, 11) is 0. The molecule has 2 atom stereocenters. The van der Waals surface area contributed by atoms with Crippen LogP contribution in [0.5, 0.6) is 0 Å². The summed E-state index contributed by atoms with van der Waals surface area (Å²) in [4.78, 5) is 0. The highest BCUT2D eigenvalue weighted by Crippen LogP contribution is 2.17. The van der Waals surface area contributed by atoms with Gasteiger partial charge in [0.1, 0.15) is 0 Å². The van der Waals surface area contributed by atoms with E-state index in [0.29, 0.717) is 6.04 Å². The maximum atomic E-state index is 3.32. The van der Waals surface area contributed by atoms with E-state index in [1.165, 1.54) is 12.0 Å². The van der Waals surface area contributed by atoms with Crippen LogP contribution in [-0.4, -0.2) is 6.04 Å². The molecule has 1 N–H and O–H groups in total. The Balaban J connectivity index is 2.54. The number of allylic oxidation sites excluding steroid dienone is 1. The minimum atomic E-state index is 0.661. The fraction of sp³-hybridized carbons (Fsp3) is 0.750. The Bertz CT molecular complexity index is 127. The van der Waals surface area contributed by atoms with Gasteiger partial charge in [0.05, 0.1) is 0 Å². The SMILES string of the molecule is CC1=CN[C@H](C)[C@H](C)C1. The van der Waals surface area contributed by atoms with Crippen LogP contribution in [0, 0.1) is 5.92 Å². The lowest BCUT2D eigenvalue weighted by Gasteiger charge is -2.25. The smallest absolute Gasteiger partial charge is 0.0256 e. The number of hydrogen-bond donors (Lipinski definition) is 1. The Morgan fingerprint density at radius 3 is 2.67 bits per heavy atom. The number of rotatable bonds is 0. The summed E-state index contributed by atoms with van der Waals surface area (Å²) in [5.41, 5.74) is 1.47. The van der Waals surface area contributed by atoms with Crippen molar-refractivity contribution in [1.82, 2.24) is 5.32 Å². The van der Waals surface area contributed by atoms with Crippen LogP contribution in [0.1, 0.15) is 27.2 Å². The predicted octanol–water partition coefficient (Wildman–Crippen LogP) is 1.91. The van der Waals surface area contributed by atoms with E-state index in [-0.39, 0.29) is 0 Å². The lowest BCUT2D eigenvalue weighted by Crippen LogP contribution is -2.31. The Morgan fingerprint density at radius 2 is 2.22 bits per heavy atom. The highest BCUT2D eigenvalue weighted by molar-refractivity contribution is 5.03. The first-order valence-corrected chi connectivity index (χ1v) is 3.62. The Kier molecular flexibility index (Phi) is 1.79. The normalized spacial score (nSPS) is 35.2. The molecule has 0 unspecified atom stereocenters. The largest absolute Gasteiger partial charge is 0.388 e. The molecule has 0 aromatic heterocycles. The van der Waals surface area contributed by atoms with Gasteiger partial charge in [0.25, 0.3) is 0 Å². The molecular formula is C8H15N. The molecule has 0 amide bonds. The van der Waals surface area contributed by atoms with Gasteiger partial charge < -0.3 is 5.32 Å². The van der Waals surface area contributed by atoms with Crippen LogP contribution in [0.25, 0.3) is 0 Å². The van der Waals surface area contributed by atoms with Crippen molar-refractivity contribution in [2.75, 3.05) is 0 Å². The first kappa shape index (κ1) is 6.66. The van der Waals surface area contributed by atoms with E-state index in [2.05, 4.69) is 32.3 Å². The molecular weight excluding hydrogens is 110 g/mol. The molecule has 1 heterocycles. The van der Waals surface area contributed by atoms with Crippen LogP contribution in [0.4, 0.5) is 0 Å². The molecule has 9 heavy (non-hydrogen) atoms. The first-order valence-electron chi connectivity index (χ1n) is 3.62. The molecule has 0 spiro atoms. The molecule has 1 aliphatic heterocycles. The third kappa shape index (κ3) is 1.47. The first-order chi connectivity index (χ1) is 4.20. The van der Waals surface area contributed by atoms with Crippen LogP contribution >= 0.6 is 0 Å². The van der Waals surface area contributed by atoms with Crippen LogP contribution in [0.3, 0.4) is 0 Å². The van der Waals surface area contributed by atoms with E-state index in [0.717, 1.165) is 5.92 Å². The lowest BCUT2D eigenvalue weighted by molar-refractivity contribution is 0.411. The summed E-state index contributed by atoms with van der Waals surface area (Å²) in [6.45, 7) is 6.69.